The smallest absolute Gasteiger partial charge is 0.261 e. The van der Waals surface area contributed by atoms with Gasteiger partial charge in [0, 0.05) is 13.1 Å². The van der Waals surface area contributed by atoms with Crippen molar-refractivity contribution >= 4 is 29.1 Å². The minimum Gasteiger partial charge on any atom is -0.353 e. The van der Waals surface area contributed by atoms with Crippen LogP contribution in [0.1, 0.15) is 27.0 Å². The molecular weight excluding hydrogens is 345 g/mol. The topological polar surface area (TPSA) is 87.3 Å². The average Bonchev–Trinajstić information content (AvgIpc) is 3.13. The molecule has 0 aliphatic heterocycles. The number of halogens is 1. The third-order valence-electron chi connectivity index (χ3n) is 3.31. The Bertz CT molecular complexity index is 749. The Kier molecular flexibility index (Phi) is 6.64. The lowest BCUT2D eigenvalue weighted by Gasteiger charge is -2.14. The van der Waals surface area contributed by atoms with Crippen LogP contribution in [0.15, 0.2) is 41.8 Å². The third kappa shape index (κ3) is 5.39. The summed E-state index contributed by atoms with van der Waals surface area (Å²) < 4.78 is 13.5. The molecule has 132 valence electrons. The number of hydrogen-bond acceptors (Lipinski definition) is 4. The van der Waals surface area contributed by atoms with Gasteiger partial charge in [-0.3, -0.25) is 14.4 Å². The summed E-state index contributed by atoms with van der Waals surface area (Å²) in [7, 11) is 0. The zero-order valence-corrected chi connectivity index (χ0v) is 14.4. The highest BCUT2D eigenvalue weighted by Gasteiger charge is 2.17. The monoisotopic (exact) mass is 363 g/mol. The van der Waals surface area contributed by atoms with Gasteiger partial charge in [0.1, 0.15) is 11.9 Å². The van der Waals surface area contributed by atoms with Crippen molar-refractivity contribution in [1.82, 2.24) is 16.0 Å². The van der Waals surface area contributed by atoms with E-state index in [1.54, 1.807) is 30.5 Å². The second-order valence-corrected chi connectivity index (χ2v) is 6.15. The lowest BCUT2D eigenvalue weighted by Crippen LogP contribution is -2.46. The zero-order chi connectivity index (χ0) is 18.2. The van der Waals surface area contributed by atoms with Crippen molar-refractivity contribution in [3.63, 3.8) is 0 Å². The normalized spacial score (nSPS) is 11.4. The molecule has 1 aromatic heterocycles. The van der Waals surface area contributed by atoms with E-state index < -0.39 is 17.8 Å². The van der Waals surface area contributed by atoms with Gasteiger partial charge in [-0.2, -0.15) is 0 Å². The lowest BCUT2D eigenvalue weighted by atomic mass is 10.2. The molecule has 0 bridgehead atoms. The third-order valence-corrected chi connectivity index (χ3v) is 4.18. The predicted octanol–water partition coefficient (Wildman–Crippen LogP) is 1.55. The predicted molar refractivity (Wildman–Crippen MR) is 93.0 cm³/mol. The fourth-order valence-corrected chi connectivity index (χ4v) is 2.62. The van der Waals surface area contributed by atoms with E-state index >= 15 is 0 Å². The second-order valence-electron chi connectivity index (χ2n) is 5.20. The van der Waals surface area contributed by atoms with Gasteiger partial charge in [0.05, 0.1) is 10.4 Å². The number of carbonyl (C=O) groups is 3. The van der Waals surface area contributed by atoms with E-state index in [-0.39, 0.29) is 30.5 Å². The van der Waals surface area contributed by atoms with Crippen LogP contribution in [0.4, 0.5) is 4.39 Å². The van der Waals surface area contributed by atoms with Crippen LogP contribution in [0, 0.1) is 5.82 Å². The first-order valence-corrected chi connectivity index (χ1v) is 8.52. The van der Waals surface area contributed by atoms with Crippen LogP contribution in [0.3, 0.4) is 0 Å². The number of thiophene rings is 1. The summed E-state index contributed by atoms with van der Waals surface area (Å²) in [5.74, 6) is -1.84. The standard InChI is InChI=1S/C17H18FN3O3S/c1-11(21-17(24)14-7-4-10-25-14)15(22)19-8-9-20-16(23)12-5-2-3-6-13(12)18/h2-7,10-11H,8-9H2,1H3,(H,19,22)(H,20,23)(H,21,24). The second kappa shape index (κ2) is 8.93. The van der Waals surface area contributed by atoms with E-state index in [0.717, 1.165) is 0 Å². The summed E-state index contributed by atoms with van der Waals surface area (Å²) >= 11 is 1.29. The maximum absolute atomic E-state index is 13.5. The van der Waals surface area contributed by atoms with Gasteiger partial charge in [-0.15, -0.1) is 11.3 Å². The molecule has 6 nitrogen and oxygen atoms in total. The molecule has 25 heavy (non-hydrogen) atoms. The van der Waals surface area contributed by atoms with Gasteiger partial charge >= 0.3 is 0 Å². The van der Waals surface area contributed by atoms with Gasteiger partial charge < -0.3 is 16.0 Å². The highest BCUT2D eigenvalue weighted by atomic mass is 32.1. The Morgan fingerprint density at radius 1 is 1.04 bits per heavy atom. The Morgan fingerprint density at radius 2 is 1.76 bits per heavy atom. The maximum atomic E-state index is 13.5. The van der Waals surface area contributed by atoms with Gasteiger partial charge in [-0.25, -0.2) is 4.39 Å². The molecule has 1 unspecified atom stereocenters. The van der Waals surface area contributed by atoms with E-state index in [1.807, 2.05) is 0 Å². The molecule has 8 heteroatoms. The number of amides is 3. The molecule has 0 spiro atoms. The minimum absolute atomic E-state index is 0.0506. The van der Waals surface area contributed by atoms with Crippen LogP contribution < -0.4 is 16.0 Å². The Balaban J connectivity index is 1.70. The molecule has 3 N–H and O–H groups in total. The van der Waals surface area contributed by atoms with Gasteiger partial charge in [0.2, 0.25) is 5.91 Å². The molecule has 1 atom stereocenters. The van der Waals surface area contributed by atoms with Crippen molar-refractivity contribution in [2.75, 3.05) is 13.1 Å². The quantitative estimate of drug-likeness (QED) is 0.653. The first-order valence-electron chi connectivity index (χ1n) is 7.64. The lowest BCUT2D eigenvalue weighted by molar-refractivity contribution is -0.122. The van der Waals surface area contributed by atoms with Crippen LogP contribution in [0.2, 0.25) is 0 Å². The Labute approximate surface area is 148 Å². The average molecular weight is 363 g/mol. The van der Waals surface area contributed by atoms with Crippen LogP contribution in [-0.4, -0.2) is 36.9 Å². The van der Waals surface area contributed by atoms with Crippen LogP contribution in [0.5, 0.6) is 0 Å². The van der Waals surface area contributed by atoms with Crippen molar-refractivity contribution in [2.24, 2.45) is 0 Å². The maximum Gasteiger partial charge on any atom is 0.261 e. The Morgan fingerprint density at radius 3 is 2.44 bits per heavy atom. The highest BCUT2D eigenvalue weighted by Crippen LogP contribution is 2.08. The summed E-state index contributed by atoms with van der Waals surface area (Å²) in [6.07, 6.45) is 0. The molecule has 3 amide bonds. The summed E-state index contributed by atoms with van der Waals surface area (Å²) in [6, 6.07) is 8.36. The summed E-state index contributed by atoms with van der Waals surface area (Å²) in [5, 5.41) is 9.48. The molecule has 0 aliphatic carbocycles. The first kappa shape index (κ1) is 18.6. The number of hydrogen-bond donors (Lipinski definition) is 3. The fourth-order valence-electron chi connectivity index (χ4n) is 2.00. The van der Waals surface area contributed by atoms with E-state index in [9.17, 15) is 18.8 Å². The van der Waals surface area contributed by atoms with Crippen molar-refractivity contribution in [3.05, 3.63) is 58.0 Å². The van der Waals surface area contributed by atoms with E-state index in [2.05, 4.69) is 16.0 Å². The molecule has 0 fully saturated rings. The van der Waals surface area contributed by atoms with Crippen LogP contribution in [-0.2, 0) is 4.79 Å². The first-order chi connectivity index (χ1) is 12.0. The van der Waals surface area contributed by atoms with Gasteiger partial charge in [0.25, 0.3) is 11.8 Å². The van der Waals surface area contributed by atoms with Gasteiger partial charge in [-0.1, -0.05) is 18.2 Å². The van der Waals surface area contributed by atoms with Crippen molar-refractivity contribution in [2.45, 2.75) is 13.0 Å². The van der Waals surface area contributed by atoms with Crippen molar-refractivity contribution in [3.8, 4) is 0 Å². The van der Waals surface area contributed by atoms with E-state index in [1.165, 1.54) is 29.5 Å². The minimum atomic E-state index is -0.711. The molecule has 1 heterocycles. The van der Waals surface area contributed by atoms with E-state index in [4.69, 9.17) is 0 Å². The molecular formula is C17H18FN3O3S. The van der Waals surface area contributed by atoms with Crippen LogP contribution >= 0.6 is 11.3 Å². The largest absolute Gasteiger partial charge is 0.353 e. The molecule has 0 radical (unpaired) electrons. The molecule has 2 aromatic rings. The van der Waals surface area contributed by atoms with Gasteiger partial charge in [0.15, 0.2) is 0 Å². The summed E-state index contributed by atoms with van der Waals surface area (Å²) in [6.45, 7) is 1.88. The van der Waals surface area contributed by atoms with Crippen LogP contribution in [0.25, 0.3) is 0 Å². The number of nitrogens with one attached hydrogen (secondary N) is 3. The van der Waals surface area contributed by atoms with E-state index in [0.29, 0.717) is 4.88 Å². The molecule has 0 saturated carbocycles. The fraction of sp³-hybridized carbons (Fsp3) is 0.235. The van der Waals surface area contributed by atoms with Crippen molar-refractivity contribution < 1.29 is 18.8 Å². The highest BCUT2D eigenvalue weighted by molar-refractivity contribution is 7.12. The van der Waals surface area contributed by atoms with Crippen molar-refractivity contribution in [1.29, 1.82) is 0 Å². The zero-order valence-electron chi connectivity index (χ0n) is 13.5. The Hall–Kier alpha value is -2.74. The molecule has 0 aliphatic rings. The number of benzene rings is 1. The molecule has 0 saturated heterocycles. The van der Waals surface area contributed by atoms with Gasteiger partial charge in [-0.05, 0) is 30.5 Å². The number of rotatable bonds is 7. The molecule has 1 aromatic carbocycles. The SMILES string of the molecule is CC(NC(=O)c1cccs1)C(=O)NCCNC(=O)c1ccccc1F. The molecule has 2 rings (SSSR count). The summed E-state index contributed by atoms with van der Waals surface area (Å²) in [5.41, 5.74) is -0.0506. The summed E-state index contributed by atoms with van der Waals surface area (Å²) in [4.78, 5) is 36.1. The number of carbonyl (C=O) groups excluding carboxylic acids is 3.